The van der Waals surface area contributed by atoms with E-state index in [1.165, 1.54) is 0 Å². The summed E-state index contributed by atoms with van der Waals surface area (Å²) in [4.78, 5) is 17.4. The first-order valence-corrected chi connectivity index (χ1v) is 9.73. The van der Waals surface area contributed by atoms with Gasteiger partial charge in [-0.15, -0.1) is 11.3 Å². The first-order chi connectivity index (χ1) is 13.7. The van der Waals surface area contributed by atoms with E-state index < -0.39 is 0 Å². The molecule has 0 unspecified atom stereocenters. The largest absolute Gasteiger partial charge is 0.481 e. The third kappa shape index (κ3) is 3.88. The van der Waals surface area contributed by atoms with Crippen molar-refractivity contribution < 1.29 is 9.47 Å². The minimum Gasteiger partial charge on any atom is -0.481 e. The number of hydrogen-bond acceptors (Lipinski definition) is 7. The van der Waals surface area contributed by atoms with Crippen molar-refractivity contribution in [3.05, 3.63) is 57.8 Å². The van der Waals surface area contributed by atoms with Crippen molar-refractivity contribution in [2.45, 2.75) is 13.0 Å². The van der Waals surface area contributed by atoms with Gasteiger partial charge in [0.15, 0.2) is 5.13 Å². The number of thiazole rings is 1. The number of nitrogens with one attached hydrogen (secondary N) is 2. The Morgan fingerprint density at radius 2 is 2.04 bits per heavy atom. The molecule has 0 aliphatic rings. The highest BCUT2D eigenvalue weighted by atomic mass is 35.5. The Balaban J connectivity index is 1.45. The van der Waals surface area contributed by atoms with Crippen molar-refractivity contribution in [1.82, 2.24) is 19.9 Å². The maximum atomic E-state index is 6.08. The van der Waals surface area contributed by atoms with Gasteiger partial charge in [-0.2, -0.15) is 4.98 Å². The quantitative estimate of drug-likeness (QED) is 0.468. The molecule has 0 saturated carbocycles. The highest BCUT2D eigenvalue weighted by Crippen LogP contribution is 2.27. The van der Waals surface area contributed by atoms with Crippen LogP contribution in [0.25, 0.3) is 11.0 Å². The molecular weight excluding hydrogens is 398 g/mol. The number of halogens is 1. The molecule has 0 aliphatic heterocycles. The number of anilines is 1. The van der Waals surface area contributed by atoms with Gasteiger partial charge in [-0.25, -0.2) is 9.97 Å². The third-order valence-electron chi connectivity index (χ3n) is 4.25. The van der Waals surface area contributed by atoms with E-state index in [2.05, 4.69) is 25.3 Å². The smallest absolute Gasteiger partial charge is 0.221 e. The molecular formula is C19H18ClN5O2S. The zero-order valence-electron chi connectivity index (χ0n) is 15.3. The van der Waals surface area contributed by atoms with Crippen molar-refractivity contribution in [3.63, 3.8) is 0 Å². The van der Waals surface area contributed by atoms with Crippen molar-refractivity contribution in [2.75, 3.05) is 19.5 Å². The van der Waals surface area contributed by atoms with E-state index in [0.717, 1.165) is 38.6 Å². The minimum atomic E-state index is 0.519. The lowest BCUT2D eigenvalue weighted by molar-refractivity contribution is 0.361. The van der Waals surface area contributed by atoms with E-state index in [1.54, 1.807) is 31.8 Å². The van der Waals surface area contributed by atoms with E-state index in [4.69, 9.17) is 21.1 Å². The molecule has 0 bridgehead atoms. The molecule has 28 heavy (non-hydrogen) atoms. The zero-order chi connectivity index (χ0) is 19.5. The summed E-state index contributed by atoms with van der Waals surface area (Å²) in [7, 11) is 3.17. The maximum Gasteiger partial charge on any atom is 0.221 e. The highest BCUT2D eigenvalue weighted by Gasteiger charge is 2.11. The lowest BCUT2D eigenvalue weighted by Gasteiger charge is -2.09. The van der Waals surface area contributed by atoms with Crippen LogP contribution in [0.15, 0.2) is 36.8 Å². The van der Waals surface area contributed by atoms with Crippen LogP contribution < -0.4 is 14.8 Å². The molecule has 4 heterocycles. The molecule has 9 heteroatoms. The Labute approximate surface area is 170 Å². The number of pyridine rings is 2. The summed E-state index contributed by atoms with van der Waals surface area (Å²) in [5.41, 5.74) is 2.90. The van der Waals surface area contributed by atoms with Crippen LogP contribution >= 0.6 is 22.9 Å². The van der Waals surface area contributed by atoms with Crippen LogP contribution in [0.2, 0.25) is 5.02 Å². The van der Waals surface area contributed by atoms with Gasteiger partial charge in [0.25, 0.3) is 0 Å². The lowest BCUT2D eigenvalue weighted by Crippen LogP contribution is -2.03. The van der Waals surface area contributed by atoms with Crippen molar-refractivity contribution in [1.29, 1.82) is 0 Å². The van der Waals surface area contributed by atoms with Crippen molar-refractivity contribution in [3.8, 4) is 11.8 Å². The Morgan fingerprint density at radius 3 is 2.86 bits per heavy atom. The van der Waals surface area contributed by atoms with Gasteiger partial charge in [-0.3, -0.25) is 0 Å². The van der Waals surface area contributed by atoms with Crippen molar-refractivity contribution in [2.24, 2.45) is 0 Å². The number of fused-ring (bicyclic) bond motifs is 1. The van der Waals surface area contributed by atoms with Crippen LogP contribution in [-0.4, -0.2) is 34.2 Å². The second-order valence-corrected chi connectivity index (χ2v) is 7.60. The van der Waals surface area contributed by atoms with Gasteiger partial charge in [0.1, 0.15) is 5.65 Å². The van der Waals surface area contributed by atoms with Crippen molar-refractivity contribution >= 4 is 39.1 Å². The fraction of sp³-hybridized carbons (Fsp3) is 0.211. The lowest BCUT2D eigenvalue weighted by atomic mass is 10.1. The van der Waals surface area contributed by atoms with Gasteiger partial charge >= 0.3 is 0 Å². The average Bonchev–Trinajstić information content (AvgIpc) is 3.33. The molecule has 0 saturated heterocycles. The molecule has 0 spiro atoms. The van der Waals surface area contributed by atoms with Crippen LogP contribution in [0.1, 0.15) is 16.0 Å². The van der Waals surface area contributed by atoms with Gasteiger partial charge in [-0.05, 0) is 17.7 Å². The first kappa shape index (κ1) is 18.5. The second-order valence-electron chi connectivity index (χ2n) is 6.05. The Kier molecular flexibility index (Phi) is 5.31. The van der Waals surface area contributed by atoms with Crippen LogP contribution in [0, 0.1) is 0 Å². The van der Waals surface area contributed by atoms with Gasteiger partial charge < -0.3 is 19.8 Å². The Hall–Kier alpha value is -2.84. The number of nitrogens with zero attached hydrogens (tertiary/aromatic N) is 3. The molecule has 4 aromatic heterocycles. The van der Waals surface area contributed by atoms with E-state index in [1.807, 2.05) is 30.6 Å². The van der Waals surface area contributed by atoms with Gasteiger partial charge in [0, 0.05) is 53.4 Å². The molecule has 144 valence electrons. The van der Waals surface area contributed by atoms with Gasteiger partial charge in [0.2, 0.25) is 11.8 Å². The van der Waals surface area contributed by atoms with E-state index in [9.17, 15) is 0 Å². The predicted octanol–water partition coefficient (Wildman–Crippen LogP) is 4.29. The summed E-state index contributed by atoms with van der Waals surface area (Å²) < 4.78 is 10.5. The average molecular weight is 416 g/mol. The number of hydrogen-bond donors (Lipinski definition) is 2. The molecule has 0 amide bonds. The molecule has 2 N–H and O–H groups in total. The molecule has 0 atom stereocenters. The van der Waals surface area contributed by atoms with E-state index in [-0.39, 0.29) is 0 Å². The minimum absolute atomic E-state index is 0.519. The standard InChI is InChI=1S/C19H18ClN5O2S/c1-26-16-4-3-11(18(25-16)27-2)7-23-19-24-10-14(28-19)5-12-8-21-17-15(12)6-13(20)9-22-17/h3-4,6,8-10H,5,7H2,1-2H3,(H,21,22)(H,23,24). The number of aromatic nitrogens is 4. The monoisotopic (exact) mass is 415 g/mol. The predicted molar refractivity (Wildman–Crippen MR) is 111 cm³/mol. The first-order valence-electron chi connectivity index (χ1n) is 8.54. The fourth-order valence-corrected chi connectivity index (χ4v) is 3.87. The summed E-state index contributed by atoms with van der Waals surface area (Å²) in [6.45, 7) is 0.555. The van der Waals surface area contributed by atoms with E-state index in [0.29, 0.717) is 23.3 Å². The van der Waals surface area contributed by atoms with Crippen LogP contribution in [-0.2, 0) is 13.0 Å². The number of methoxy groups -OCH3 is 2. The second kappa shape index (κ2) is 8.04. The van der Waals surface area contributed by atoms with E-state index >= 15 is 0 Å². The fourth-order valence-electron chi connectivity index (χ4n) is 2.89. The molecule has 0 aromatic carbocycles. The van der Waals surface area contributed by atoms with Gasteiger partial charge in [-0.1, -0.05) is 11.6 Å². The Bertz CT molecular complexity index is 1110. The van der Waals surface area contributed by atoms with Crippen LogP contribution in [0.3, 0.4) is 0 Å². The summed E-state index contributed by atoms with van der Waals surface area (Å²) >= 11 is 7.69. The third-order valence-corrected chi connectivity index (χ3v) is 5.41. The zero-order valence-corrected chi connectivity index (χ0v) is 16.9. The summed E-state index contributed by atoms with van der Waals surface area (Å²) in [6.07, 6.45) is 6.25. The molecule has 4 aromatic rings. The topological polar surface area (TPSA) is 85.0 Å². The number of ether oxygens (including phenoxy) is 2. The number of H-pyrrole nitrogens is 1. The molecule has 4 rings (SSSR count). The number of rotatable bonds is 7. The van der Waals surface area contributed by atoms with Crippen LogP contribution in [0.5, 0.6) is 11.8 Å². The summed E-state index contributed by atoms with van der Waals surface area (Å²) in [6, 6.07) is 5.66. The highest BCUT2D eigenvalue weighted by molar-refractivity contribution is 7.15. The molecule has 7 nitrogen and oxygen atoms in total. The molecule has 0 aliphatic carbocycles. The summed E-state index contributed by atoms with van der Waals surface area (Å²) in [5, 5.41) is 5.82. The summed E-state index contributed by atoms with van der Waals surface area (Å²) in [5.74, 6) is 1.05. The molecule has 0 radical (unpaired) electrons. The Morgan fingerprint density at radius 1 is 1.14 bits per heavy atom. The van der Waals surface area contributed by atoms with Gasteiger partial charge in [0.05, 0.1) is 19.2 Å². The normalized spacial score (nSPS) is 11.0. The number of aromatic amines is 1. The van der Waals surface area contributed by atoms with Crippen LogP contribution in [0.4, 0.5) is 5.13 Å². The maximum absolute atomic E-state index is 6.08. The molecule has 0 fully saturated rings. The SMILES string of the molecule is COc1ccc(CNc2ncc(Cc3c[nH]c4ncc(Cl)cc34)s2)c(OC)n1.